The molecule has 1 aromatic rings. The van der Waals surface area contributed by atoms with Crippen molar-refractivity contribution in [2.24, 2.45) is 5.92 Å². The molecule has 1 aromatic carbocycles. The van der Waals surface area contributed by atoms with Gasteiger partial charge < -0.3 is 5.11 Å². The number of benzene rings is 1. The van der Waals surface area contributed by atoms with Crippen LogP contribution in [-0.4, -0.2) is 16.7 Å². The summed E-state index contributed by atoms with van der Waals surface area (Å²) in [4.78, 5) is 23.6. The van der Waals surface area contributed by atoms with Crippen LogP contribution in [-0.2, 0) is 4.79 Å². The van der Waals surface area contributed by atoms with E-state index in [-0.39, 0.29) is 23.2 Å². The van der Waals surface area contributed by atoms with E-state index in [9.17, 15) is 9.59 Å². The molecule has 0 saturated heterocycles. The summed E-state index contributed by atoms with van der Waals surface area (Å²) < 4.78 is 0. The van der Waals surface area contributed by atoms with Crippen molar-refractivity contribution in [1.29, 1.82) is 0 Å². The summed E-state index contributed by atoms with van der Waals surface area (Å²) in [7, 11) is 0. The Bertz CT molecular complexity index is 420. The minimum Gasteiger partial charge on any atom is -0.508 e. The van der Waals surface area contributed by atoms with Crippen LogP contribution in [0.3, 0.4) is 0 Å². The minimum atomic E-state index is -0.0925. The molecule has 17 heavy (non-hydrogen) atoms. The maximum Gasteiger partial charge on any atom is 0.163 e. The molecule has 1 aliphatic carbocycles. The van der Waals surface area contributed by atoms with Gasteiger partial charge in [-0.05, 0) is 37.1 Å². The Hall–Kier alpha value is -1.64. The SMILES string of the molecule is O=C(CC1CCCCC1=O)c1ccc(O)cc1. The number of carbonyl (C=O) groups excluding carboxylic acids is 2. The third-order valence-electron chi connectivity index (χ3n) is 3.30. The highest BCUT2D eigenvalue weighted by Crippen LogP contribution is 2.25. The Morgan fingerprint density at radius 1 is 1.24 bits per heavy atom. The summed E-state index contributed by atoms with van der Waals surface area (Å²) in [5.41, 5.74) is 0.571. The fourth-order valence-electron chi connectivity index (χ4n) is 2.26. The third-order valence-corrected chi connectivity index (χ3v) is 3.30. The van der Waals surface area contributed by atoms with E-state index in [1.54, 1.807) is 12.1 Å². The van der Waals surface area contributed by atoms with E-state index < -0.39 is 0 Å². The highest BCUT2D eigenvalue weighted by molar-refractivity contribution is 5.99. The summed E-state index contributed by atoms with van der Waals surface area (Å²) in [5, 5.41) is 9.14. The van der Waals surface area contributed by atoms with Gasteiger partial charge in [-0.2, -0.15) is 0 Å². The molecule has 3 heteroatoms. The van der Waals surface area contributed by atoms with Gasteiger partial charge in [0.05, 0.1) is 0 Å². The summed E-state index contributed by atoms with van der Waals surface area (Å²) in [6, 6.07) is 6.20. The maximum atomic E-state index is 11.9. The lowest BCUT2D eigenvalue weighted by Gasteiger charge is -2.19. The van der Waals surface area contributed by atoms with Crippen molar-refractivity contribution in [2.75, 3.05) is 0 Å². The normalized spacial score (nSPS) is 20.2. The van der Waals surface area contributed by atoms with Crippen molar-refractivity contribution in [3.05, 3.63) is 29.8 Å². The lowest BCUT2D eigenvalue weighted by Crippen LogP contribution is -2.22. The molecule has 0 spiro atoms. The van der Waals surface area contributed by atoms with Gasteiger partial charge in [-0.25, -0.2) is 0 Å². The average molecular weight is 232 g/mol. The van der Waals surface area contributed by atoms with Crippen LogP contribution in [0, 0.1) is 5.92 Å². The smallest absolute Gasteiger partial charge is 0.163 e. The van der Waals surface area contributed by atoms with Crippen molar-refractivity contribution in [1.82, 2.24) is 0 Å². The van der Waals surface area contributed by atoms with Crippen LogP contribution in [0.5, 0.6) is 5.75 Å². The zero-order valence-corrected chi connectivity index (χ0v) is 9.69. The molecular formula is C14H16O3. The Balaban J connectivity index is 2.01. The number of carbonyl (C=O) groups is 2. The van der Waals surface area contributed by atoms with E-state index in [1.807, 2.05) is 0 Å². The van der Waals surface area contributed by atoms with Crippen molar-refractivity contribution >= 4 is 11.6 Å². The summed E-state index contributed by atoms with van der Waals surface area (Å²) in [6.45, 7) is 0. The molecule has 1 fully saturated rings. The Labute approximate surface area is 100 Å². The molecule has 0 aliphatic heterocycles. The summed E-state index contributed by atoms with van der Waals surface area (Å²) in [6.07, 6.45) is 3.77. The molecule has 0 amide bonds. The lowest BCUT2D eigenvalue weighted by atomic mass is 9.83. The molecule has 1 aliphatic rings. The van der Waals surface area contributed by atoms with Crippen LogP contribution in [0.2, 0.25) is 0 Å². The zero-order chi connectivity index (χ0) is 12.3. The second-order valence-corrected chi connectivity index (χ2v) is 4.58. The second-order valence-electron chi connectivity index (χ2n) is 4.58. The van der Waals surface area contributed by atoms with Crippen molar-refractivity contribution < 1.29 is 14.7 Å². The first-order chi connectivity index (χ1) is 8.16. The number of phenolic OH excluding ortho intramolecular Hbond substituents is 1. The molecule has 1 saturated carbocycles. The molecular weight excluding hydrogens is 216 g/mol. The number of aromatic hydroxyl groups is 1. The highest BCUT2D eigenvalue weighted by atomic mass is 16.3. The standard InChI is InChI=1S/C14H16O3/c15-12-7-5-10(6-8-12)14(17)9-11-3-1-2-4-13(11)16/h5-8,11,15H,1-4,9H2. The molecule has 0 aromatic heterocycles. The first-order valence-electron chi connectivity index (χ1n) is 6.02. The van der Waals surface area contributed by atoms with Gasteiger partial charge in [-0.1, -0.05) is 6.42 Å². The quantitative estimate of drug-likeness (QED) is 0.815. The van der Waals surface area contributed by atoms with E-state index in [4.69, 9.17) is 5.11 Å². The monoisotopic (exact) mass is 232 g/mol. The van der Waals surface area contributed by atoms with Gasteiger partial charge in [0.15, 0.2) is 5.78 Å². The zero-order valence-electron chi connectivity index (χ0n) is 9.69. The molecule has 0 radical (unpaired) electrons. The van der Waals surface area contributed by atoms with Crippen LogP contribution >= 0.6 is 0 Å². The Morgan fingerprint density at radius 3 is 2.59 bits per heavy atom. The highest BCUT2D eigenvalue weighted by Gasteiger charge is 2.24. The van der Waals surface area contributed by atoms with Gasteiger partial charge in [0.25, 0.3) is 0 Å². The topological polar surface area (TPSA) is 54.4 Å². The Morgan fingerprint density at radius 2 is 1.94 bits per heavy atom. The van der Waals surface area contributed by atoms with Crippen LogP contribution in [0.15, 0.2) is 24.3 Å². The molecule has 2 rings (SSSR count). The molecule has 3 nitrogen and oxygen atoms in total. The number of rotatable bonds is 3. The van der Waals surface area contributed by atoms with Gasteiger partial charge >= 0.3 is 0 Å². The average Bonchev–Trinajstić information content (AvgIpc) is 2.33. The second kappa shape index (κ2) is 5.13. The summed E-state index contributed by atoms with van der Waals surface area (Å²) >= 11 is 0. The first-order valence-corrected chi connectivity index (χ1v) is 6.02. The molecule has 0 bridgehead atoms. The van der Waals surface area contributed by atoms with Crippen LogP contribution in [0.25, 0.3) is 0 Å². The van der Waals surface area contributed by atoms with E-state index in [2.05, 4.69) is 0 Å². The number of phenols is 1. The molecule has 90 valence electrons. The fraction of sp³-hybridized carbons (Fsp3) is 0.429. The predicted molar refractivity (Wildman–Crippen MR) is 64.0 cm³/mol. The lowest BCUT2D eigenvalue weighted by molar-refractivity contribution is -0.124. The van der Waals surface area contributed by atoms with E-state index >= 15 is 0 Å². The fourth-order valence-corrected chi connectivity index (χ4v) is 2.26. The van der Waals surface area contributed by atoms with Crippen LogP contribution < -0.4 is 0 Å². The van der Waals surface area contributed by atoms with Gasteiger partial charge in [0, 0.05) is 24.3 Å². The minimum absolute atomic E-state index is 0.00903. The number of ketones is 2. The van der Waals surface area contributed by atoms with Crippen molar-refractivity contribution in [3.8, 4) is 5.75 Å². The van der Waals surface area contributed by atoms with E-state index in [0.717, 1.165) is 19.3 Å². The predicted octanol–water partition coefficient (Wildman–Crippen LogP) is 2.72. The maximum absolute atomic E-state index is 11.9. The van der Waals surface area contributed by atoms with Gasteiger partial charge in [-0.15, -0.1) is 0 Å². The van der Waals surface area contributed by atoms with Crippen LogP contribution in [0.1, 0.15) is 42.5 Å². The van der Waals surface area contributed by atoms with E-state index in [0.29, 0.717) is 18.4 Å². The number of hydrogen-bond donors (Lipinski definition) is 1. The van der Waals surface area contributed by atoms with Gasteiger partial charge in [-0.3, -0.25) is 9.59 Å². The van der Waals surface area contributed by atoms with Crippen LogP contribution in [0.4, 0.5) is 0 Å². The summed E-state index contributed by atoms with van der Waals surface area (Å²) in [5.74, 6) is 0.272. The first kappa shape index (κ1) is 11.8. The molecule has 1 atom stereocenters. The van der Waals surface area contributed by atoms with Crippen molar-refractivity contribution in [2.45, 2.75) is 32.1 Å². The largest absolute Gasteiger partial charge is 0.508 e. The molecule has 0 heterocycles. The Kier molecular flexibility index (Phi) is 3.57. The molecule has 1 unspecified atom stereocenters. The number of Topliss-reactive ketones (excluding diaryl/α,β-unsaturated/α-hetero) is 2. The van der Waals surface area contributed by atoms with Gasteiger partial charge in [0.2, 0.25) is 0 Å². The van der Waals surface area contributed by atoms with Crippen molar-refractivity contribution in [3.63, 3.8) is 0 Å². The third kappa shape index (κ3) is 2.93. The molecule has 1 N–H and O–H groups in total. The van der Waals surface area contributed by atoms with E-state index in [1.165, 1.54) is 12.1 Å². The van der Waals surface area contributed by atoms with Gasteiger partial charge in [0.1, 0.15) is 11.5 Å². The number of hydrogen-bond acceptors (Lipinski definition) is 3.